The normalized spacial score (nSPS) is 20.0. The second-order valence-corrected chi connectivity index (χ2v) is 6.39. The van der Waals surface area contributed by atoms with Crippen molar-refractivity contribution in [2.75, 3.05) is 20.6 Å². The summed E-state index contributed by atoms with van der Waals surface area (Å²) in [5.41, 5.74) is 4.00. The number of hydrogen-bond donors (Lipinski definition) is 0. The molecule has 0 saturated heterocycles. The van der Waals surface area contributed by atoms with Crippen LogP contribution in [-0.4, -0.2) is 25.5 Å². The van der Waals surface area contributed by atoms with Crippen LogP contribution in [0.5, 0.6) is 0 Å². The summed E-state index contributed by atoms with van der Waals surface area (Å²) in [6, 6.07) is 17.0. The van der Waals surface area contributed by atoms with Crippen molar-refractivity contribution in [3.8, 4) is 0 Å². The number of nitrogens with zero attached hydrogens (tertiary/aromatic N) is 1. The Morgan fingerprint density at radius 1 is 1.00 bits per heavy atom. The molecule has 108 valence electrons. The highest BCUT2D eigenvalue weighted by Crippen LogP contribution is 2.44. The quantitative estimate of drug-likeness (QED) is 0.797. The first kappa shape index (κ1) is 14.4. The van der Waals surface area contributed by atoms with Gasteiger partial charge in [-0.15, -0.1) is 0 Å². The molecule has 0 aliphatic heterocycles. The molecule has 0 radical (unpaired) electrons. The van der Waals surface area contributed by atoms with Crippen molar-refractivity contribution in [2.45, 2.75) is 11.8 Å². The van der Waals surface area contributed by atoms with Gasteiger partial charge in [0.05, 0.1) is 0 Å². The Morgan fingerprint density at radius 3 is 2.43 bits per heavy atom. The minimum absolute atomic E-state index is 0.0363. The molecule has 0 fully saturated rings. The second kappa shape index (κ2) is 5.67. The lowest BCUT2D eigenvalue weighted by Crippen LogP contribution is -2.29. The second-order valence-electron chi connectivity index (χ2n) is 5.95. The molecule has 0 spiro atoms. The summed E-state index contributed by atoms with van der Waals surface area (Å²) in [6.45, 7) is 1.04. The summed E-state index contributed by atoms with van der Waals surface area (Å²) >= 11 is 6.07. The number of halogens is 1. The van der Waals surface area contributed by atoms with Crippen molar-refractivity contribution >= 4 is 17.7 Å². The van der Waals surface area contributed by atoms with E-state index in [0.717, 1.165) is 18.0 Å². The molecule has 0 N–H and O–H groups in total. The Labute approximate surface area is 131 Å². The van der Waals surface area contributed by atoms with Gasteiger partial charge in [0, 0.05) is 10.4 Å². The van der Waals surface area contributed by atoms with Crippen LogP contribution in [-0.2, 0) is 5.41 Å². The molecule has 0 amide bonds. The lowest BCUT2D eigenvalue weighted by atomic mass is 9.73. The highest BCUT2D eigenvalue weighted by Gasteiger charge is 2.36. The molecular weight excluding hydrogens is 278 g/mol. The first-order chi connectivity index (χ1) is 10.1. The fourth-order valence-electron chi connectivity index (χ4n) is 3.13. The average Bonchev–Trinajstić information content (AvgIpc) is 2.86. The van der Waals surface area contributed by atoms with Crippen molar-refractivity contribution < 1.29 is 0 Å². The molecule has 0 heterocycles. The zero-order valence-corrected chi connectivity index (χ0v) is 13.3. The van der Waals surface area contributed by atoms with E-state index in [9.17, 15) is 0 Å². The molecule has 3 rings (SSSR count). The van der Waals surface area contributed by atoms with Crippen LogP contribution in [0.1, 0.15) is 23.1 Å². The van der Waals surface area contributed by atoms with Crippen LogP contribution < -0.4 is 0 Å². The summed E-state index contributed by atoms with van der Waals surface area (Å²) in [7, 11) is 4.25. The molecule has 2 heteroatoms. The van der Waals surface area contributed by atoms with Crippen LogP contribution >= 0.6 is 11.6 Å². The lowest BCUT2D eigenvalue weighted by Gasteiger charge is -2.31. The zero-order chi connectivity index (χ0) is 14.9. The fourth-order valence-corrected chi connectivity index (χ4v) is 3.26. The van der Waals surface area contributed by atoms with E-state index in [-0.39, 0.29) is 5.41 Å². The Balaban J connectivity index is 2.09. The van der Waals surface area contributed by atoms with E-state index in [2.05, 4.69) is 67.5 Å². The third-order valence-corrected chi connectivity index (χ3v) is 4.55. The molecule has 21 heavy (non-hydrogen) atoms. The molecule has 0 saturated carbocycles. The summed E-state index contributed by atoms with van der Waals surface area (Å²) in [5.74, 6) is 0. The van der Waals surface area contributed by atoms with Crippen molar-refractivity contribution in [3.05, 3.63) is 76.3 Å². The summed E-state index contributed by atoms with van der Waals surface area (Å²) in [6.07, 6.45) is 5.67. The van der Waals surface area contributed by atoms with Gasteiger partial charge in [-0.3, -0.25) is 0 Å². The van der Waals surface area contributed by atoms with Gasteiger partial charge >= 0.3 is 0 Å². The largest absolute Gasteiger partial charge is 0.309 e. The molecular formula is C19H20ClN. The van der Waals surface area contributed by atoms with Crippen LogP contribution in [0.3, 0.4) is 0 Å². The van der Waals surface area contributed by atoms with Crippen molar-refractivity contribution in [1.82, 2.24) is 4.90 Å². The van der Waals surface area contributed by atoms with E-state index >= 15 is 0 Å². The molecule has 2 aromatic rings. The monoisotopic (exact) mass is 297 g/mol. The molecule has 1 aliphatic rings. The Kier molecular flexibility index (Phi) is 3.88. The van der Waals surface area contributed by atoms with Crippen LogP contribution in [0.2, 0.25) is 5.02 Å². The van der Waals surface area contributed by atoms with E-state index < -0.39 is 0 Å². The molecule has 2 aromatic carbocycles. The third-order valence-electron chi connectivity index (χ3n) is 4.30. The molecule has 0 aromatic heterocycles. The predicted molar refractivity (Wildman–Crippen MR) is 90.9 cm³/mol. The summed E-state index contributed by atoms with van der Waals surface area (Å²) in [5, 5.41) is 0.789. The van der Waals surface area contributed by atoms with Crippen LogP contribution in [0.4, 0.5) is 0 Å². The molecule has 0 unspecified atom stereocenters. The zero-order valence-electron chi connectivity index (χ0n) is 12.5. The van der Waals surface area contributed by atoms with Gasteiger partial charge < -0.3 is 4.90 Å². The minimum Gasteiger partial charge on any atom is -0.309 e. The van der Waals surface area contributed by atoms with Gasteiger partial charge in [0.25, 0.3) is 0 Å². The summed E-state index contributed by atoms with van der Waals surface area (Å²) in [4.78, 5) is 2.24. The van der Waals surface area contributed by atoms with Gasteiger partial charge in [-0.2, -0.15) is 0 Å². The molecule has 1 nitrogen and oxygen atoms in total. The van der Waals surface area contributed by atoms with Crippen molar-refractivity contribution in [3.63, 3.8) is 0 Å². The minimum atomic E-state index is -0.0363. The number of fused-ring (bicyclic) bond motifs is 1. The summed E-state index contributed by atoms with van der Waals surface area (Å²) < 4.78 is 0. The fraction of sp³-hybridized carbons (Fsp3) is 0.263. The SMILES string of the molecule is CN(C)CC[C@]1(c2ccc(Cl)cc2)C=Cc2ccccc21. The van der Waals surface area contributed by atoms with E-state index in [0.29, 0.717) is 0 Å². The van der Waals surface area contributed by atoms with Gasteiger partial charge in [-0.1, -0.05) is 60.2 Å². The van der Waals surface area contributed by atoms with Crippen molar-refractivity contribution in [2.24, 2.45) is 0 Å². The lowest BCUT2D eigenvalue weighted by molar-refractivity contribution is 0.370. The Bertz CT molecular complexity index is 658. The van der Waals surface area contributed by atoms with Crippen LogP contribution in [0.25, 0.3) is 6.08 Å². The predicted octanol–water partition coefficient (Wildman–Crippen LogP) is 4.60. The van der Waals surface area contributed by atoms with E-state index in [4.69, 9.17) is 11.6 Å². The third kappa shape index (κ3) is 2.64. The number of hydrogen-bond acceptors (Lipinski definition) is 1. The van der Waals surface area contributed by atoms with Crippen LogP contribution in [0, 0.1) is 0 Å². The van der Waals surface area contributed by atoms with Crippen molar-refractivity contribution in [1.29, 1.82) is 0 Å². The maximum atomic E-state index is 6.07. The number of allylic oxidation sites excluding steroid dienone is 1. The first-order valence-electron chi connectivity index (χ1n) is 7.31. The Hall–Kier alpha value is -1.57. The first-order valence-corrected chi connectivity index (χ1v) is 7.69. The van der Waals surface area contributed by atoms with E-state index in [1.54, 1.807) is 0 Å². The Morgan fingerprint density at radius 2 is 1.71 bits per heavy atom. The molecule has 0 bridgehead atoms. The highest BCUT2D eigenvalue weighted by molar-refractivity contribution is 6.30. The van der Waals surface area contributed by atoms with E-state index in [1.165, 1.54) is 16.7 Å². The molecule has 1 aliphatic carbocycles. The van der Waals surface area contributed by atoms with Gasteiger partial charge in [0.2, 0.25) is 0 Å². The van der Waals surface area contributed by atoms with Gasteiger partial charge in [-0.25, -0.2) is 0 Å². The number of rotatable bonds is 4. The van der Waals surface area contributed by atoms with Gasteiger partial charge in [-0.05, 0) is 55.9 Å². The van der Waals surface area contributed by atoms with Crippen LogP contribution in [0.15, 0.2) is 54.6 Å². The topological polar surface area (TPSA) is 3.24 Å². The standard InChI is InChI=1S/C19H20ClN/c1-21(2)14-13-19(16-7-9-17(20)10-8-16)12-11-15-5-3-4-6-18(15)19/h3-12H,13-14H2,1-2H3/t19-/m0/s1. The maximum Gasteiger partial charge on any atom is 0.0406 e. The maximum absolute atomic E-state index is 6.07. The molecule has 1 atom stereocenters. The highest BCUT2D eigenvalue weighted by atomic mass is 35.5. The smallest absolute Gasteiger partial charge is 0.0406 e. The van der Waals surface area contributed by atoms with Gasteiger partial charge in [0.1, 0.15) is 0 Å². The average molecular weight is 298 g/mol. The van der Waals surface area contributed by atoms with E-state index in [1.807, 2.05) is 12.1 Å². The number of benzene rings is 2. The van der Waals surface area contributed by atoms with Gasteiger partial charge in [0.15, 0.2) is 0 Å².